The molecular weight excluding hydrogens is 214 g/mol. The third-order valence-corrected chi connectivity index (χ3v) is 3.20. The van der Waals surface area contributed by atoms with E-state index in [1.165, 1.54) is 6.42 Å². The molecule has 0 aromatic rings. The Bertz CT molecular complexity index is 162. The molecule has 0 radical (unpaired) electrons. The molecule has 0 rings (SSSR count). The average molecular weight is 245 g/mol. The molecule has 0 aliphatic rings. The van der Waals surface area contributed by atoms with Crippen molar-refractivity contribution in [2.24, 2.45) is 11.8 Å². The zero-order valence-electron chi connectivity index (χ0n) is 12.3. The molecule has 3 nitrogen and oxygen atoms in total. The van der Waals surface area contributed by atoms with Crippen LogP contribution in [0.2, 0.25) is 0 Å². The van der Waals surface area contributed by atoms with Gasteiger partial charge in [-0.25, -0.2) is 0 Å². The Morgan fingerprint density at radius 1 is 0.941 bits per heavy atom. The second-order valence-corrected chi connectivity index (χ2v) is 5.26. The van der Waals surface area contributed by atoms with Crippen molar-refractivity contribution in [1.29, 1.82) is 0 Å². The van der Waals surface area contributed by atoms with Crippen molar-refractivity contribution in [2.75, 3.05) is 33.5 Å². The van der Waals surface area contributed by atoms with E-state index >= 15 is 0 Å². The van der Waals surface area contributed by atoms with E-state index in [1.807, 2.05) is 0 Å². The lowest BCUT2D eigenvalue weighted by Gasteiger charge is -2.21. The molecule has 0 amide bonds. The average Bonchev–Trinajstić information content (AvgIpc) is 2.30. The SMILES string of the molecule is COCCOCCCC(C)C(C)CNC(C)C. The molecule has 3 heteroatoms. The van der Waals surface area contributed by atoms with Gasteiger partial charge in [-0.15, -0.1) is 0 Å². The molecule has 0 aromatic heterocycles. The fraction of sp³-hybridized carbons (Fsp3) is 1.00. The second-order valence-electron chi connectivity index (χ2n) is 5.26. The van der Waals surface area contributed by atoms with E-state index in [-0.39, 0.29) is 0 Å². The van der Waals surface area contributed by atoms with E-state index in [9.17, 15) is 0 Å². The molecule has 1 N–H and O–H groups in total. The van der Waals surface area contributed by atoms with Gasteiger partial charge in [0.15, 0.2) is 0 Å². The summed E-state index contributed by atoms with van der Waals surface area (Å²) in [4.78, 5) is 0. The summed E-state index contributed by atoms with van der Waals surface area (Å²) in [5, 5.41) is 3.50. The smallest absolute Gasteiger partial charge is 0.0700 e. The number of hydrogen-bond donors (Lipinski definition) is 1. The van der Waals surface area contributed by atoms with Crippen LogP contribution in [-0.4, -0.2) is 39.5 Å². The van der Waals surface area contributed by atoms with Gasteiger partial charge in [0, 0.05) is 19.8 Å². The first-order valence-corrected chi connectivity index (χ1v) is 6.88. The first kappa shape index (κ1) is 16.9. The topological polar surface area (TPSA) is 30.5 Å². The van der Waals surface area contributed by atoms with E-state index in [2.05, 4.69) is 33.0 Å². The molecule has 0 spiro atoms. The van der Waals surface area contributed by atoms with Gasteiger partial charge < -0.3 is 14.8 Å². The third-order valence-electron chi connectivity index (χ3n) is 3.20. The van der Waals surface area contributed by atoms with Crippen molar-refractivity contribution in [3.8, 4) is 0 Å². The first-order valence-electron chi connectivity index (χ1n) is 6.88. The Kier molecular flexibility index (Phi) is 10.9. The van der Waals surface area contributed by atoms with Gasteiger partial charge in [0.2, 0.25) is 0 Å². The Labute approximate surface area is 107 Å². The van der Waals surface area contributed by atoms with Crippen molar-refractivity contribution < 1.29 is 9.47 Å². The number of nitrogens with one attached hydrogen (secondary N) is 1. The molecule has 0 heterocycles. The Morgan fingerprint density at radius 2 is 1.65 bits per heavy atom. The van der Waals surface area contributed by atoms with Crippen LogP contribution >= 0.6 is 0 Å². The van der Waals surface area contributed by atoms with Crippen LogP contribution in [-0.2, 0) is 9.47 Å². The quantitative estimate of drug-likeness (QED) is 0.568. The summed E-state index contributed by atoms with van der Waals surface area (Å²) in [6.07, 6.45) is 2.39. The highest BCUT2D eigenvalue weighted by Crippen LogP contribution is 2.16. The van der Waals surface area contributed by atoms with Crippen LogP contribution in [0.4, 0.5) is 0 Å². The fourth-order valence-corrected chi connectivity index (χ4v) is 1.66. The molecule has 0 fully saturated rings. The van der Waals surface area contributed by atoms with Crippen LogP contribution in [0, 0.1) is 11.8 Å². The van der Waals surface area contributed by atoms with Crippen LogP contribution in [0.3, 0.4) is 0 Å². The van der Waals surface area contributed by atoms with Crippen molar-refractivity contribution >= 4 is 0 Å². The molecule has 0 aliphatic carbocycles. The van der Waals surface area contributed by atoms with Gasteiger partial charge in [-0.2, -0.15) is 0 Å². The number of ether oxygens (including phenoxy) is 2. The van der Waals surface area contributed by atoms with Crippen molar-refractivity contribution in [3.63, 3.8) is 0 Å². The number of hydrogen-bond acceptors (Lipinski definition) is 3. The molecule has 0 aliphatic heterocycles. The maximum absolute atomic E-state index is 5.46. The molecule has 2 atom stereocenters. The summed E-state index contributed by atoms with van der Waals surface area (Å²) >= 11 is 0. The first-order chi connectivity index (χ1) is 8.07. The third kappa shape index (κ3) is 10.7. The molecular formula is C14H31NO2. The van der Waals surface area contributed by atoms with Gasteiger partial charge in [-0.3, -0.25) is 0 Å². The second kappa shape index (κ2) is 11.0. The van der Waals surface area contributed by atoms with Gasteiger partial charge in [0.25, 0.3) is 0 Å². The molecule has 2 unspecified atom stereocenters. The molecule has 0 aromatic carbocycles. The summed E-state index contributed by atoms with van der Waals surface area (Å²) in [7, 11) is 1.70. The van der Waals surface area contributed by atoms with Gasteiger partial charge in [0.05, 0.1) is 13.2 Å². The van der Waals surface area contributed by atoms with E-state index < -0.39 is 0 Å². The minimum absolute atomic E-state index is 0.585. The summed E-state index contributed by atoms with van der Waals surface area (Å²) in [6.45, 7) is 12.4. The maximum atomic E-state index is 5.46. The summed E-state index contributed by atoms with van der Waals surface area (Å²) in [5.74, 6) is 1.49. The molecule has 0 saturated carbocycles. The summed E-state index contributed by atoms with van der Waals surface area (Å²) < 4.78 is 10.4. The minimum atomic E-state index is 0.585. The minimum Gasteiger partial charge on any atom is -0.382 e. The van der Waals surface area contributed by atoms with Gasteiger partial charge in [0.1, 0.15) is 0 Å². The Balaban J connectivity index is 3.40. The molecule has 17 heavy (non-hydrogen) atoms. The van der Waals surface area contributed by atoms with Gasteiger partial charge in [-0.05, 0) is 31.2 Å². The number of rotatable bonds is 11. The lowest BCUT2D eigenvalue weighted by atomic mass is 9.91. The maximum Gasteiger partial charge on any atom is 0.0700 e. The predicted molar refractivity (Wildman–Crippen MR) is 73.4 cm³/mol. The van der Waals surface area contributed by atoms with E-state index in [4.69, 9.17) is 9.47 Å². The predicted octanol–water partition coefficient (Wildman–Crippen LogP) is 2.70. The van der Waals surface area contributed by atoms with Crippen LogP contribution in [0.25, 0.3) is 0 Å². The van der Waals surface area contributed by atoms with Gasteiger partial charge in [-0.1, -0.05) is 27.7 Å². The van der Waals surface area contributed by atoms with Crippen LogP contribution in [0.5, 0.6) is 0 Å². The van der Waals surface area contributed by atoms with Gasteiger partial charge >= 0.3 is 0 Å². The monoisotopic (exact) mass is 245 g/mol. The normalized spacial score (nSPS) is 15.2. The summed E-state index contributed by atoms with van der Waals surface area (Å²) in [5.41, 5.74) is 0. The van der Waals surface area contributed by atoms with Crippen LogP contribution in [0.1, 0.15) is 40.5 Å². The van der Waals surface area contributed by atoms with Crippen molar-refractivity contribution in [1.82, 2.24) is 5.32 Å². The molecule has 0 bridgehead atoms. The Morgan fingerprint density at radius 3 is 2.24 bits per heavy atom. The highest BCUT2D eigenvalue weighted by molar-refractivity contribution is 4.66. The standard InChI is InChI=1S/C14H31NO2/c1-12(2)15-11-14(4)13(3)7-6-8-17-10-9-16-5/h12-15H,6-11H2,1-5H3. The van der Waals surface area contributed by atoms with Crippen molar-refractivity contribution in [2.45, 2.75) is 46.6 Å². The zero-order valence-corrected chi connectivity index (χ0v) is 12.3. The summed E-state index contributed by atoms with van der Waals surface area (Å²) in [6, 6.07) is 0.585. The number of methoxy groups -OCH3 is 1. The Hall–Kier alpha value is -0.120. The molecule has 0 saturated heterocycles. The fourth-order valence-electron chi connectivity index (χ4n) is 1.66. The molecule has 104 valence electrons. The largest absolute Gasteiger partial charge is 0.382 e. The van der Waals surface area contributed by atoms with Crippen LogP contribution in [0.15, 0.2) is 0 Å². The van der Waals surface area contributed by atoms with E-state index in [1.54, 1.807) is 7.11 Å². The highest BCUT2D eigenvalue weighted by Gasteiger charge is 2.11. The van der Waals surface area contributed by atoms with E-state index in [0.717, 1.165) is 38.0 Å². The van der Waals surface area contributed by atoms with Crippen molar-refractivity contribution in [3.05, 3.63) is 0 Å². The van der Waals surface area contributed by atoms with Crippen LogP contribution < -0.4 is 5.32 Å². The van der Waals surface area contributed by atoms with E-state index in [0.29, 0.717) is 12.6 Å². The lowest BCUT2D eigenvalue weighted by Crippen LogP contribution is -2.30. The lowest BCUT2D eigenvalue weighted by molar-refractivity contribution is 0.0665. The zero-order chi connectivity index (χ0) is 13.1. The highest BCUT2D eigenvalue weighted by atomic mass is 16.5.